The van der Waals surface area contributed by atoms with Gasteiger partial charge in [0.15, 0.2) is 11.0 Å². The summed E-state index contributed by atoms with van der Waals surface area (Å²) in [5, 5.41) is 11.3. The maximum absolute atomic E-state index is 13.9. The van der Waals surface area contributed by atoms with Crippen molar-refractivity contribution in [2.45, 2.75) is 25.5 Å². The second kappa shape index (κ2) is 9.04. The van der Waals surface area contributed by atoms with E-state index < -0.39 is 29.0 Å². The third-order valence-electron chi connectivity index (χ3n) is 4.35. The quantitative estimate of drug-likeness (QED) is 0.558. The minimum Gasteiger partial charge on any atom is -0.366 e. The van der Waals surface area contributed by atoms with Crippen molar-refractivity contribution in [3.63, 3.8) is 0 Å². The predicted octanol–water partition coefficient (Wildman–Crippen LogP) is 3.38. The van der Waals surface area contributed by atoms with E-state index in [1.54, 1.807) is 0 Å². The number of nitrogens with zero attached hydrogens (tertiary/aromatic N) is 3. The molecule has 0 fully saturated rings. The number of carbonyl (C=O) groups excluding carboxylic acids is 2. The van der Waals surface area contributed by atoms with Crippen LogP contribution < -0.4 is 11.1 Å². The summed E-state index contributed by atoms with van der Waals surface area (Å²) >= 11 is 1.13. The number of amides is 2. The number of aromatic nitrogens is 3. The van der Waals surface area contributed by atoms with Gasteiger partial charge in [-0.2, -0.15) is 0 Å². The van der Waals surface area contributed by atoms with Gasteiger partial charge in [-0.25, -0.2) is 8.78 Å². The lowest BCUT2D eigenvalue weighted by atomic mass is 10.1. The first kappa shape index (κ1) is 21.4. The zero-order valence-electron chi connectivity index (χ0n) is 16.3. The van der Waals surface area contributed by atoms with Crippen LogP contribution in [0, 0.1) is 18.6 Å². The molecule has 2 amide bonds. The third kappa shape index (κ3) is 4.48. The largest absolute Gasteiger partial charge is 0.366 e. The van der Waals surface area contributed by atoms with Crippen LogP contribution in [-0.2, 0) is 11.3 Å². The van der Waals surface area contributed by atoms with Crippen molar-refractivity contribution >= 4 is 29.3 Å². The molecule has 0 aliphatic carbocycles. The molecule has 0 radical (unpaired) electrons. The standard InChI is InChI=1S/C20H19F2N5O2S/c1-3-27-19(12-7-5-4-6-11(12)2)25-26-20(27)30-10-17(28)24-16-8-13(18(23)29)14(21)9-15(16)22/h4-9H,3,10H2,1-2H3,(H2,23,29)(H,24,28). The smallest absolute Gasteiger partial charge is 0.251 e. The van der Waals surface area contributed by atoms with E-state index in [1.807, 2.05) is 42.7 Å². The van der Waals surface area contributed by atoms with E-state index in [9.17, 15) is 18.4 Å². The summed E-state index contributed by atoms with van der Waals surface area (Å²) in [7, 11) is 0. The summed E-state index contributed by atoms with van der Waals surface area (Å²) in [6, 6.07) is 9.14. The number of thioether (sulfide) groups is 1. The van der Waals surface area contributed by atoms with Gasteiger partial charge < -0.3 is 15.6 Å². The van der Waals surface area contributed by atoms with Gasteiger partial charge in [-0.05, 0) is 25.5 Å². The number of aryl methyl sites for hydroxylation is 1. The Bertz CT molecular complexity index is 1120. The van der Waals surface area contributed by atoms with Crippen molar-refractivity contribution in [1.29, 1.82) is 0 Å². The average Bonchev–Trinajstić information content (AvgIpc) is 3.11. The van der Waals surface area contributed by atoms with Crippen LogP contribution >= 0.6 is 11.8 Å². The minimum absolute atomic E-state index is 0.0887. The summed E-state index contributed by atoms with van der Waals surface area (Å²) in [4.78, 5) is 23.5. The van der Waals surface area contributed by atoms with E-state index in [4.69, 9.17) is 5.73 Å². The maximum atomic E-state index is 13.9. The third-order valence-corrected chi connectivity index (χ3v) is 5.31. The van der Waals surface area contributed by atoms with Crippen molar-refractivity contribution in [1.82, 2.24) is 14.8 Å². The monoisotopic (exact) mass is 431 g/mol. The molecule has 30 heavy (non-hydrogen) atoms. The van der Waals surface area contributed by atoms with Crippen LogP contribution in [0.5, 0.6) is 0 Å². The van der Waals surface area contributed by atoms with E-state index in [-0.39, 0.29) is 11.4 Å². The summed E-state index contributed by atoms with van der Waals surface area (Å²) in [5.41, 5.74) is 6.21. The van der Waals surface area contributed by atoms with Crippen molar-refractivity contribution in [2.75, 3.05) is 11.1 Å². The zero-order valence-corrected chi connectivity index (χ0v) is 17.1. The van der Waals surface area contributed by atoms with Crippen LogP contribution in [0.15, 0.2) is 41.6 Å². The number of primary amides is 1. The molecule has 1 heterocycles. The molecule has 10 heteroatoms. The first-order valence-corrected chi connectivity index (χ1v) is 10.0. The van der Waals surface area contributed by atoms with Gasteiger partial charge in [0.2, 0.25) is 5.91 Å². The van der Waals surface area contributed by atoms with Gasteiger partial charge in [0.05, 0.1) is 17.0 Å². The minimum atomic E-state index is -1.09. The molecule has 0 saturated heterocycles. The maximum Gasteiger partial charge on any atom is 0.251 e. The molecule has 3 rings (SSSR count). The lowest BCUT2D eigenvalue weighted by molar-refractivity contribution is -0.113. The summed E-state index contributed by atoms with van der Waals surface area (Å²) < 4.78 is 29.4. The van der Waals surface area contributed by atoms with Gasteiger partial charge in [0, 0.05) is 18.2 Å². The highest BCUT2D eigenvalue weighted by Gasteiger charge is 2.18. The molecule has 3 N–H and O–H groups in total. The van der Waals surface area contributed by atoms with E-state index >= 15 is 0 Å². The Morgan fingerprint density at radius 1 is 1.17 bits per heavy atom. The number of benzene rings is 2. The van der Waals surface area contributed by atoms with Crippen molar-refractivity contribution in [3.8, 4) is 11.4 Å². The number of nitrogens with one attached hydrogen (secondary N) is 1. The molecule has 0 bridgehead atoms. The van der Waals surface area contributed by atoms with Crippen LogP contribution in [0.25, 0.3) is 11.4 Å². The fourth-order valence-corrected chi connectivity index (χ4v) is 3.66. The lowest BCUT2D eigenvalue weighted by Crippen LogP contribution is -2.18. The number of nitrogens with two attached hydrogens (primary N) is 1. The number of rotatable bonds is 7. The Labute approximate surface area is 175 Å². The molecule has 0 aliphatic rings. The Kier molecular flexibility index (Phi) is 6.46. The molecule has 0 atom stereocenters. The topological polar surface area (TPSA) is 103 Å². The molecule has 2 aromatic carbocycles. The molecule has 156 valence electrons. The van der Waals surface area contributed by atoms with Crippen LogP contribution in [0.4, 0.5) is 14.5 Å². The molecule has 1 aromatic heterocycles. The molecule has 0 spiro atoms. The van der Waals surface area contributed by atoms with E-state index in [0.29, 0.717) is 23.6 Å². The molecule has 0 saturated carbocycles. The molecule has 0 aliphatic heterocycles. The fourth-order valence-electron chi connectivity index (χ4n) is 2.85. The number of anilines is 1. The zero-order chi connectivity index (χ0) is 21.8. The first-order chi connectivity index (χ1) is 14.3. The first-order valence-electron chi connectivity index (χ1n) is 9.02. The van der Waals surface area contributed by atoms with Crippen LogP contribution in [-0.4, -0.2) is 32.3 Å². The fraction of sp³-hybridized carbons (Fsp3) is 0.200. The summed E-state index contributed by atoms with van der Waals surface area (Å²) in [5.74, 6) is -3.11. The second-order valence-electron chi connectivity index (χ2n) is 6.38. The molecular formula is C20H19F2N5O2S. The van der Waals surface area contributed by atoms with Crippen LogP contribution in [0.3, 0.4) is 0 Å². The van der Waals surface area contributed by atoms with Crippen LogP contribution in [0.2, 0.25) is 0 Å². The van der Waals surface area contributed by atoms with Gasteiger partial charge in [0.25, 0.3) is 5.91 Å². The molecule has 7 nitrogen and oxygen atoms in total. The van der Waals surface area contributed by atoms with Crippen LogP contribution in [0.1, 0.15) is 22.8 Å². The lowest BCUT2D eigenvalue weighted by Gasteiger charge is -2.10. The molecular weight excluding hydrogens is 412 g/mol. The molecule has 0 unspecified atom stereocenters. The summed E-state index contributed by atoms with van der Waals surface area (Å²) in [6.45, 7) is 4.51. The highest BCUT2D eigenvalue weighted by molar-refractivity contribution is 7.99. The summed E-state index contributed by atoms with van der Waals surface area (Å²) in [6.07, 6.45) is 0. The van der Waals surface area contributed by atoms with Gasteiger partial charge in [0.1, 0.15) is 11.6 Å². The van der Waals surface area contributed by atoms with Gasteiger partial charge >= 0.3 is 0 Å². The highest BCUT2D eigenvalue weighted by Crippen LogP contribution is 2.26. The van der Waals surface area contributed by atoms with Gasteiger partial charge in [-0.1, -0.05) is 36.0 Å². The Morgan fingerprint density at radius 2 is 1.90 bits per heavy atom. The predicted molar refractivity (Wildman–Crippen MR) is 110 cm³/mol. The van der Waals surface area contributed by atoms with Gasteiger partial charge in [-0.15, -0.1) is 10.2 Å². The second-order valence-corrected chi connectivity index (χ2v) is 7.32. The van der Waals surface area contributed by atoms with Crippen molar-refractivity contribution in [2.24, 2.45) is 5.73 Å². The number of hydrogen-bond acceptors (Lipinski definition) is 5. The Morgan fingerprint density at radius 3 is 2.57 bits per heavy atom. The number of hydrogen-bond donors (Lipinski definition) is 2. The Balaban J connectivity index is 1.74. The van der Waals surface area contributed by atoms with E-state index in [0.717, 1.165) is 29.0 Å². The van der Waals surface area contributed by atoms with E-state index in [2.05, 4.69) is 15.5 Å². The molecule has 3 aromatic rings. The number of carbonyl (C=O) groups is 2. The average molecular weight is 431 g/mol. The van der Waals surface area contributed by atoms with Gasteiger partial charge in [-0.3, -0.25) is 9.59 Å². The Hall–Kier alpha value is -3.27. The highest BCUT2D eigenvalue weighted by atomic mass is 32.2. The number of halogens is 2. The van der Waals surface area contributed by atoms with E-state index in [1.165, 1.54) is 0 Å². The normalized spacial score (nSPS) is 10.8. The van der Waals surface area contributed by atoms with Crippen molar-refractivity contribution < 1.29 is 18.4 Å². The van der Waals surface area contributed by atoms with Crippen molar-refractivity contribution in [3.05, 3.63) is 59.2 Å². The SMILES string of the molecule is CCn1c(SCC(=O)Nc2cc(C(N)=O)c(F)cc2F)nnc1-c1ccccc1C.